The van der Waals surface area contributed by atoms with Gasteiger partial charge in [-0.1, -0.05) is 13.3 Å². The predicted octanol–water partition coefficient (Wildman–Crippen LogP) is 1.23. The SMILES string of the molecule is CCCC(C)(C)n1nnnc1C(C)N. The van der Waals surface area contributed by atoms with E-state index in [0.29, 0.717) is 0 Å². The molecule has 0 amide bonds. The fourth-order valence-corrected chi connectivity index (χ4v) is 1.63. The maximum atomic E-state index is 5.79. The van der Waals surface area contributed by atoms with Crippen LogP contribution in [-0.4, -0.2) is 20.2 Å². The van der Waals surface area contributed by atoms with Crippen molar-refractivity contribution in [2.75, 3.05) is 0 Å². The number of rotatable bonds is 4. The second-order valence-corrected chi connectivity index (χ2v) is 4.30. The van der Waals surface area contributed by atoms with E-state index in [-0.39, 0.29) is 11.6 Å². The molecule has 0 aliphatic rings. The second-order valence-electron chi connectivity index (χ2n) is 4.30. The van der Waals surface area contributed by atoms with Gasteiger partial charge in [0, 0.05) is 0 Å². The van der Waals surface area contributed by atoms with Gasteiger partial charge in [-0.25, -0.2) is 4.68 Å². The van der Waals surface area contributed by atoms with Crippen molar-refractivity contribution in [3.63, 3.8) is 0 Å². The summed E-state index contributed by atoms with van der Waals surface area (Å²) in [6.07, 6.45) is 2.14. The molecule has 1 atom stereocenters. The summed E-state index contributed by atoms with van der Waals surface area (Å²) in [5, 5.41) is 11.6. The normalized spacial score (nSPS) is 14.4. The van der Waals surface area contributed by atoms with Gasteiger partial charge in [0.15, 0.2) is 5.82 Å². The maximum Gasteiger partial charge on any atom is 0.168 e. The van der Waals surface area contributed by atoms with Gasteiger partial charge in [0.05, 0.1) is 11.6 Å². The molecule has 0 fully saturated rings. The molecule has 14 heavy (non-hydrogen) atoms. The Balaban J connectivity index is 2.99. The fourth-order valence-electron chi connectivity index (χ4n) is 1.63. The zero-order valence-corrected chi connectivity index (χ0v) is 9.36. The summed E-state index contributed by atoms with van der Waals surface area (Å²) in [7, 11) is 0. The maximum absolute atomic E-state index is 5.79. The molecule has 0 aliphatic carbocycles. The third kappa shape index (κ3) is 2.09. The molecule has 0 saturated carbocycles. The lowest BCUT2D eigenvalue weighted by Crippen LogP contribution is -2.31. The molecule has 5 nitrogen and oxygen atoms in total. The van der Waals surface area contributed by atoms with Gasteiger partial charge in [-0.3, -0.25) is 0 Å². The van der Waals surface area contributed by atoms with Crippen molar-refractivity contribution in [3.8, 4) is 0 Å². The van der Waals surface area contributed by atoms with Gasteiger partial charge in [-0.15, -0.1) is 5.10 Å². The first-order chi connectivity index (χ1) is 6.49. The van der Waals surface area contributed by atoms with Crippen LogP contribution in [0.4, 0.5) is 0 Å². The van der Waals surface area contributed by atoms with Crippen LogP contribution in [0.1, 0.15) is 52.4 Å². The minimum absolute atomic E-state index is 0.0544. The number of nitrogens with zero attached hydrogens (tertiary/aromatic N) is 4. The Morgan fingerprint density at radius 2 is 2.14 bits per heavy atom. The molecule has 0 bridgehead atoms. The lowest BCUT2D eigenvalue weighted by molar-refractivity contribution is 0.273. The second kappa shape index (κ2) is 4.04. The van der Waals surface area contributed by atoms with Crippen molar-refractivity contribution in [2.24, 2.45) is 5.73 Å². The topological polar surface area (TPSA) is 69.6 Å². The molecule has 0 spiro atoms. The van der Waals surface area contributed by atoms with E-state index in [0.717, 1.165) is 18.7 Å². The van der Waals surface area contributed by atoms with E-state index in [9.17, 15) is 0 Å². The molecule has 2 N–H and O–H groups in total. The molecular weight excluding hydrogens is 178 g/mol. The zero-order chi connectivity index (χ0) is 10.8. The molecule has 1 aromatic rings. The summed E-state index contributed by atoms with van der Waals surface area (Å²) in [5.41, 5.74) is 5.73. The van der Waals surface area contributed by atoms with Crippen LogP contribution in [0.5, 0.6) is 0 Å². The van der Waals surface area contributed by atoms with Crippen LogP contribution >= 0.6 is 0 Å². The van der Waals surface area contributed by atoms with Crippen LogP contribution in [0.3, 0.4) is 0 Å². The third-order valence-corrected chi connectivity index (χ3v) is 2.34. The first kappa shape index (κ1) is 11.1. The average molecular weight is 197 g/mol. The lowest BCUT2D eigenvalue weighted by atomic mass is 9.99. The van der Waals surface area contributed by atoms with Gasteiger partial charge in [-0.2, -0.15) is 0 Å². The molecule has 0 aliphatic heterocycles. The van der Waals surface area contributed by atoms with E-state index >= 15 is 0 Å². The Kier molecular flexibility index (Phi) is 3.21. The lowest BCUT2D eigenvalue weighted by Gasteiger charge is -2.25. The van der Waals surface area contributed by atoms with E-state index < -0.39 is 0 Å². The summed E-state index contributed by atoms with van der Waals surface area (Å²) in [6, 6.07) is -0.124. The van der Waals surface area contributed by atoms with E-state index in [1.54, 1.807) is 0 Å². The summed E-state index contributed by atoms with van der Waals surface area (Å²) < 4.78 is 1.83. The standard InChI is InChI=1S/C9H19N5/c1-5-6-9(3,4)14-8(7(2)10)11-12-13-14/h7H,5-6,10H2,1-4H3. The Morgan fingerprint density at radius 3 is 2.64 bits per heavy atom. The highest BCUT2D eigenvalue weighted by atomic mass is 15.6. The van der Waals surface area contributed by atoms with Crippen LogP contribution in [0.2, 0.25) is 0 Å². The van der Waals surface area contributed by atoms with Gasteiger partial charge in [-0.05, 0) is 37.6 Å². The van der Waals surface area contributed by atoms with E-state index in [4.69, 9.17) is 5.73 Å². The zero-order valence-electron chi connectivity index (χ0n) is 9.36. The highest BCUT2D eigenvalue weighted by Gasteiger charge is 2.25. The Bertz CT molecular complexity index is 289. The molecular formula is C9H19N5. The summed E-state index contributed by atoms with van der Waals surface area (Å²) >= 11 is 0. The third-order valence-electron chi connectivity index (χ3n) is 2.34. The van der Waals surface area contributed by atoms with E-state index in [1.165, 1.54) is 0 Å². The van der Waals surface area contributed by atoms with Crippen LogP contribution in [0.15, 0.2) is 0 Å². The number of aromatic nitrogens is 4. The minimum Gasteiger partial charge on any atom is -0.322 e. The number of hydrogen-bond acceptors (Lipinski definition) is 4. The number of hydrogen-bond donors (Lipinski definition) is 1. The molecule has 0 aromatic carbocycles. The molecule has 1 aromatic heterocycles. The molecule has 0 saturated heterocycles. The summed E-state index contributed by atoms with van der Waals surface area (Å²) in [5.74, 6) is 0.753. The van der Waals surface area contributed by atoms with Crippen molar-refractivity contribution in [1.82, 2.24) is 20.2 Å². The van der Waals surface area contributed by atoms with Crippen molar-refractivity contribution < 1.29 is 0 Å². The Labute approximate surface area is 84.7 Å². The van der Waals surface area contributed by atoms with Crippen molar-refractivity contribution in [1.29, 1.82) is 0 Å². The predicted molar refractivity (Wildman–Crippen MR) is 54.6 cm³/mol. The van der Waals surface area contributed by atoms with Crippen molar-refractivity contribution in [2.45, 2.75) is 52.1 Å². The van der Waals surface area contributed by atoms with Crippen molar-refractivity contribution in [3.05, 3.63) is 5.82 Å². The van der Waals surface area contributed by atoms with Crippen LogP contribution in [0.25, 0.3) is 0 Å². The van der Waals surface area contributed by atoms with Crippen LogP contribution < -0.4 is 5.73 Å². The highest BCUT2D eigenvalue weighted by Crippen LogP contribution is 2.22. The minimum atomic E-state index is -0.124. The average Bonchev–Trinajstić information content (AvgIpc) is 2.51. The molecule has 80 valence electrons. The number of nitrogens with two attached hydrogens (primary N) is 1. The fraction of sp³-hybridized carbons (Fsp3) is 0.889. The van der Waals surface area contributed by atoms with Gasteiger partial charge < -0.3 is 5.73 Å². The highest BCUT2D eigenvalue weighted by molar-refractivity contribution is 4.93. The van der Waals surface area contributed by atoms with Gasteiger partial charge in [0.2, 0.25) is 0 Å². The Hall–Kier alpha value is -0.970. The molecule has 5 heteroatoms. The van der Waals surface area contributed by atoms with Crippen LogP contribution in [-0.2, 0) is 5.54 Å². The van der Waals surface area contributed by atoms with Crippen LogP contribution in [0, 0.1) is 0 Å². The van der Waals surface area contributed by atoms with E-state index in [2.05, 4.69) is 36.3 Å². The summed E-state index contributed by atoms with van der Waals surface area (Å²) in [4.78, 5) is 0. The van der Waals surface area contributed by atoms with E-state index in [1.807, 2.05) is 11.6 Å². The first-order valence-electron chi connectivity index (χ1n) is 5.03. The van der Waals surface area contributed by atoms with Gasteiger partial charge in [0.25, 0.3) is 0 Å². The smallest absolute Gasteiger partial charge is 0.168 e. The monoisotopic (exact) mass is 197 g/mol. The quantitative estimate of drug-likeness (QED) is 0.788. The first-order valence-corrected chi connectivity index (χ1v) is 5.03. The molecule has 1 unspecified atom stereocenters. The summed E-state index contributed by atoms with van der Waals surface area (Å²) in [6.45, 7) is 8.29. The van der Waals surface area contributed by atoms with Gasteiger partial charge >= 0.3 is 0 Å². The molecule has 1 heterocycles. The van der Waals surface area contributed by atoms with Crippen molar-refractivity contribution >= 4 is 0 Å². The number of tetrazole rings is 1. The Morgan fingerprint density at radius 1 is 1.50 bits per heavy atom. The molecule has 0 radical (unpaired) electrons. The van der Waals surface area contributed by atoms with Gasteiger partial charge in [0.1, 0.15) is 0 Å². The largest absolute Gasteiger partial charge is 0.322 e. The molecule has 1 rings (SSSR count).